The van der Waals surface area contributed by atoms with E-state index in [2.05, 4.69) is 25.9 Å². The van der Waals surface area contributed by atoms with Crippen molar-refractivity contribution >= 4 is 6.09 Å². The predicted molar refractivity (Wildman–Crippen MR) is 80.0 cm³/mol. The first-order chi connectivity index (χ1) is 9.11. The largest absolute Gasteiger partial charge is 0.444 e. The molecule has 1 aliphatic heterocycles. The fourth-order valence-corrected chi connectivity index (χ4v) is 2.23. The molecule has 118 valence electrons. The number of rotatable bonds is 5. The zero-order valence-corrected chi connectivity index (χ0v) is 13.9. The second kappa shape index (κ2) is 6.76. The molecule has 1 aliphatic rings. The predicted octanol–water partition coefficient (Wildman–Crippen LogP) is 2.35. The summed E-state index contributed by atoms with van der Waals surface area (Å²) in [5.41, 5.74) is -0.675. The van der Waals surface area contributed by atoms with Gasteiger partial charge >= 0.3 is 6.09 Å². The summed E-state index contributed by atoms with van der Waals surface area (Å²) in [7, 11) is 4.11. The van der Waals surface area contributed by atoms with Gasteiger partial charge in [-0.15, -0.1) is 0 Å². The lowest BCUT2D eigenvalue weighted by Crippen LogP contribution is -2.39. The lowest BCUT2D eigenvalue weighted by atomic mass is 10.1. The standard InChI is InChI=1S/C15H30N2O3/c1-14(2,3)20-13(18)17-10-8-15(4,12-17)19-11-7-9-16(5)6/h7-12H2,1-6H3. The van der Waals surface area contributed by atoms with Crippen LogP contribution in [-0.4, -0.2) is 67.4 Å². The molecule has 0 aromatic rings. The first-order valence-corrected chi connectivity index (χ1v) is 7.38. The van der Waals surface area contributed by atoms with Crippen molar-refractivity contribution in [2.45, 2.75) is 51.7 Å². The van der Waals surface area contributed by atoms with Gasteiger partial charge in [-0.3, -0.25) is 0 Å². The molecule has 5 heteroatoms. The van der Waals surface area contributed by atoms with Crippen LogP contribution in [0, 0.1) is 0 Å². The normalized spacial score (nSPS) is 23.4. The molecule has 0 aromatic heterocycles. The molecule has 0 bridgehead atoms. The van der Waals surface area contributed by atoms with Gasteiger partial charge in [0.2, 0.25) is 0 Å². The minimum Gasteiger partial charge on any atom is -0.444 e. The summed E-state index contributed by atoms with van der Waals surface area (Å²) >= 11 is 0. The average molecular weight is 286 g/mol. The highest BCUT2D eigenvalue weighted by atomic mass is 16.6. The van der Waals surface area contributed by atoms with E-state index in [-0.39, 0.29) is 11.7 Å². The maximum Gasteiger partial charge on any atom is 0.410 e. The molecule has 1 amide bonds. The monoisotopic (exact) mass is 286 g/mol. The van der Waals surface area contributed by atoms with Gasteiger partial charge < -0.3 is 19.3 Å². The van der Waals surface area contributed by atoms with Crippen molar-refractivity contribution in [1.82, 2.24) is 9.80 Å². The molecule has 5 nitrogen and oxygen atoms in total. The summed E-state index contributed by atoms with van der Waals surface area (Å²) in [5.74, 6) is 0. The third-order valence-corrected chi connectivity index (χ3v) is 3.29. The van der Waals surface area contributed by atoms with Crippen molar-refractivity contribution in [2.24, 2.45) is 0 Å². The van der Waals surface area contributed by atoms with E-state index < -0.39 is 5.60 Å². The number of carbonyl (C=O) groups excluding carboxylic acids is 1. The van der Waals surface area contributed by atoms with Gasteiger partial charge in [0.15, 0.2) is 0 Å². The molecule has 0 radical (unpaired) electrons. The zero-order chi connectivity index (χ0) is 15.4. The maximum absolute atomic E-state index is 12.0. The van der Waals surface area contributed by atoms with Gasteiger partial charge in [-0.1, -0.05) is 0 Å². The van der Waals surface area contributed by atoms with Crippen molar-refractivity contribution in [1.29, 1.82) is 0 Å². The van der Waals surface area contributed by atoms with Crippen molar-refractivity contribution in [2.75, 3.05) is 40.3 Å². The molecule has 20 heavy (non-hydrogen) atoms. The van der Waals surface area contributed by atoms with Gasteiger partial charge in [-0.25, -0.2) is 4.79 Å². The molecule has 1 rings (SSSR count). The van der Waals surface area contributed by atoms with Crippen LogP contribution in [0.25, 0.3) is 0 Å². The molecule has 1 atom stereocenters. The van der Waals surface area contributed by atoms with Gasteiger partial charge in [-0.2, -0.15) is 0 Å². The van der Waals surface area contributed by atoms with Crippen LogP contribution in [0.3, 0.4) is 0 Å². The quantitative estimate of drug-likeness (QED) is 0.728. The number of amides is 1. The Bertz CT molecular complexity index is 326. The molecule has 1 saturated heterocycles. The minimum absolute atomic E-state index is 0.233. The fourth-order valence-electron chi connectivity index (χ4n) is 2.23. The molecular formula is C15H30N2O3. The van der Waals surface area contributed by atoms with Gasteiger partial charge in [0.25, 0.3) is 0 Å². The smallest absolute Gasteiger partial charge is 0.410 e. The molecular weight excluding hydrogens is 256 g/mol. The second-order valence-corrected chi connectivity index (χ2v) is 7.11. The average Bonchev–Trinajstić information content (AvgIpc) is 2.66. The summed E-state index contributed by atoms with van der Waals surface area (Å²) in [5, 5.41) is 0. The van der Waals surface area contributed by atoms with Crippen molar-refractivity contribution in [3.63, 3.8) is 0 Å². The number of carbonyl (C=O) groups is 1. The van der Waals surface area contributed by atoms with E-state index >= 15 is 0 Å². The Labute approximate surface area is 123 Å². The van der Waals surface area contributed by atoms with Crippen LogP contribution in [-0.2, 0) is 9.47 Å². The van der Waals surface area contributed by atoms with Gasteiger partial charge in [0.05, 0.1) is 12.1 Å². The minimum atomic E-state index is -0.442. The summed E-state index contributed by atoms with van der Waals surface area (Å²) in [6.45, 7) is 10.8. The molecule has 1 unspecified atom stereocenters. The Morgan fingerprint density at radius 1 is 1.35 bits per heavy atom. The van der Waals surface area contributed by atoms with Crippen LogP contribution < -0.4 is 0 Å². The molecule has 0 N–H and O–H groups in total. The highest BCUT2D eigenvalue weighted by molar-refractivity contribution is 5.68. The summed E-state index contributed by atoms with van der Waals surface area (Å²) in [6, 6.07) is 0. The van der Waals surface area contributed by atoms with Crippen LogP contribution >= 0.6 is 0 Å². The van der Waals surface area contributed by atoms with E-state index in [0.717, 1.165) is 26.0 Å². The Balaban J connectivity index is 2.35. The molecule has 0 aliphatic carbocycles. The van der Waals surface area contributed by atoms with Crippen LogP contribution in [0.1, 0.15) is 40.5 Å². The lowest BCUT2D eigenvalue weighted by molar-refractivity contribution is -0.0293. The van der Waals surface area contributed by atoms with Crippen molar-refractivity contribution in [3.8, 4) is 0 Å². The fraction of sp³-hybridized carbons (Fsp3) is 0.933. The summed E-state index contributed by atoms with van der Waals surface area (Å²) in [6.07, 6.45) is 1.64. The zero-order valence-electron chi connectivity index (χ0n) is 13.9. The highest BCUT2D eigenvalue weighted by Crippen LogP contribution is 2.26. The molecule has 1 fully saturated rings. The summed E-state index contributed by atoms with van der Waals surface area (Å²) in [4.78, 5) is 15.9. The van der Waals surface area contributed by atoms with Crippen LogP contribution in [0.15, 0.2) is 0 Å². The topological polar surface area (TPSA) is 42.0 Å². The maximum atomic E-state index is 12.0. The number of ether oxygens (including phenoxy) is 2. The SMILES string of the molecule is CN(C)CCCOC1(C)CCN(C(=O)OC(C)(C)C)C1. The lowest BCUT2D eigenvalue weighted by Gasteiger charge is -2.27. The number of likely N-dealkylation sites (tertiary alicyclic amines) is 1. The third kappa shape index (κ3) is 6.09. The number of nitrogens with zero attached hydrogens (tertiary/aromatic N) is 2. The Morgan fingerprint density at radius 2 is 2.00 bits per heavy atom. The van der Waals surface area contributed by atoms with Gasteiger partial charge in [0.1, 0.15) is 5.60 Å². The Kier molecular flexibility index (Phi) is 5.83. The second-order valence-electron chi connectivity index (χ2n) is 7.11. The van der Waals surface area contributed by atoms with Crippen LogP contribution in [0.5, 0.6) is 0 Å². The first kappa shape index (κ1) is 17.2. The van der Waals surface area contributed by atoms with Gasteiger partial charge in [0, 0.05) is 13.2 Å². The molecule has 0 spiro atoms. The van der Waals surface area contributed by atoms with E-state index in [4.69, 9.17) is 9.47 Å². The van der Waals surface area contributed by atoms with E-state index in [0.29, 0.717) is 13.1 Å². The molecule has 0 aromatic carbocycles. The summed E-state index contributed by atoms with van der Waals surface area (Å²) < 4.78 is 11.4. The van der Waals surface area contributed by atoms with Crippen LogP contribution in [0.4, 0.5) is 4.79 Å². The Morgan fingerprint density at radius 3 is 2.55 bits per heavy atom. The molecule has 0 saturated carbocycles. The first-order valence-electron chi connectivity index (χ1n) is 7.38. The van der Waals surface area contributed by atoms with E-state index in [1.165, 1.54) is 0 Å². The van der Waals surface area contributed by atoms with E-state index in [1.54, 1.807) is 4.90 Å². The highest BCUT2D eigenvalue weighted by Gasteiger charge is 2.38. The van der Waals surface area contributed by atoms with Crippen molar-refractivity contribution < 1.29 is 14.3 Å². The molecule has 1 heterocycles. The Hall–Kier alpha value is -0.810. The van der Waals surface area contributed by atoms with Crippen molar-refractivity contribution in [3.05, 3.63) is 0 Å². The van der Waals surface area contributed by atoms with E-state index in [1.807, 2.05) is 20.8 Å². The third-order valence-electron chi connectivity index (χ3n) is 3.29. The number of hydrogen-bond donors (Lipinski definition) is 0. The number of hydrogen-bond acceptors (Lipinski definition) is 4. The van der Waals surface area contributed by atoms with E-state index in [9.17, 15) is 4.79 Å². The van der Waals surface area contributed by atoms with Gasteiger partial charge in [-0.05, 0) is 61.2 Å². The van der Waals surface area contributed by atoms with Crippen LogP contribution in [0.2, 0.25) is 0 Å².